The molecule has 0 bridgehead atoms. The molecule has 1 fully saturated rings. The normalized spacial score (nSPS) is 23.3. The van der Waals surface area contributed by atoms with Gasteiger partial charge in [-0.1, -0.05) is 0 Å². The Morgan fingerprint density at radius 1 is 1.47 bits per heavy atom. The van der Waals surface area contributed by atoms with E-state index >= 15 is 0 Å². The van der Waals surface area contributed by atoms with E-state index in [4.69, 9.17) is 0 Å². The van der Waals surface area contributed by atoms with Gasteiger partial charge < -0.3 is 5.32 Å². The van der Waals surface area contributed by atoms with Crippen LogP contribution in [-0.4, -0.2) is 43.5 Å². The lowest BCUT2D eigenvalue weighted by atomic mass is 10.2. The predicted octanol–water partition coefficient (Wildman–Crippen LogP) is 1.29. The monoisotopic (exact) mass is 251 g/mol. The molecule has 0 saturated carbocycles. The predicted molar refractivity (Wildman–Crippen MR) is 67.3 cm³/mol. The smallest absolute Gasteiger partial charge is 0.153 e. The second-order valence-electron chi connectivity index (χ2n) is 4.28. The van der Waals surface area contributed by atoms with Crippen molar-refractivity contribution >= 4 is 21.6 Å². The van der Waals surface area contributed by atoms with Gasteiger partial charge in [-0.15, -0.1) is 0 Å². The number of hydrogen-bond donors (Lipinski definition) is 1. The van der Waals surface area contributed by atoms with E-state index in [-0.39, 0.29) is 11.0 Å². The third-order valence-electron chi connectivity index (χ3n) is 2.70. The van der Waals surface area contributed by atoms with Crippen molar-refractivity contribution in [2.75, 3.05) is 23.8 Å². The summed E-state index contributed by atoms with van der Waals surface area (Å²) in [4.78, 5) is 0. The topological polar surface area (TPSA) is 46.2 Å². The molecule has 1 N–H and O–H groups in total. The Morgan fingerprint density at radius 2 is 2.20 bits per heavy atom. The lowest BCUT2D eigenvalue weighted by Gasteiger charge is -2.22. The molecule has 0 aliphatic carbocycles. The van der Waals surface area contributed by atoms with Crippen molar-refractivity contribution in [2.45, 2.75) is 38.0 Å². The van der Waals surface area contributed by atoms with Crippen molar-refractivity contribution < 1.29 is 8.42 Å². The standard InChI is InChI=1S/C10H21NO2S2/c1-9(2)15(12,13)7-5-11-10-4-3-6-14-8-10/h9-11H,3-8H2,1-2H3. The quantitative estimate of drug-likeness (QED) is 0.800. The minimum absolute atomic E-state index is 0.250. The van der Waals surface area contributed by atoms with Crippen LogP contribution in [-0.2, 0) is 9.84 Å². The fourth-order valence-corrected chi connectivity index (χ4v) is 3.52. The van der Waals surface area contributed by atoms with E-state index in [2.05, 4.69) is 5.32 Å². The fourth-order valence-electron chi connectivity index (χ4n) is 1.54. The highest BCUT2D eigenvalue weighted by molar-refractivity contribution is 7.99. The van der Waals surface area contributed by atoms with Gasteiger partial charge in [0.2, 0.25) is 0 Å². The van der Waals surface area contributed by atoms with Crippen LogP contribution < -0.4 is 5.32 Å². The Hall–Kier alpha value is 0.260. The van der Waals surface area contributed by atoms with E-state index < -0.39 is 9.84 Å². The highest BCUT2D eigenvalue weighted by Crippen LogP contribution is 2.16. The number of sulfone groups is 1. The maximum atomic E-state index is 11.5. The second-order valence-corrected chi connectivity index (χ2v) is 8.11. The van der Waals surface area contributed by atoms with Gasteiger partial charge in [0.1, 0.15) is 0 Å². The van der Waals surface area contributed by atoms with Crippen molar-refractivity contribution in [3.8, 4) is 0 Å². The van der Waals surface area contributed by atoms with Gasteiger partial charge in [0.25, 0.3) is 0 Å². The molecule has 0 aromatic rings. The van der Waals surface area contributed by atoms with E-state index in [1.807, 2.05) is 11.8 Å². The van der Waals surface area contributed by atoms with Gasteiger partial charge >= 0.3 is 0 Å². The van der Waals surface area contributed by atoms with Crippen molar-refractivity contribution in [1.29, 1.82) is 0 Å². The summed E-state index contributed by atoms with van der Waals surface area (Å²) in [5.41, 5.74) is 0. The largest absolute Gasteiger partial charge is 0.312 e. The Morgan fingerprint density at radius 3 is 2.73 bits per heavy atom. The van der Waals surface area contributed by atoms with Crippen LogP contribution >= 0.6 is 11.8 Å². The van der Waals surface area contributed by atoms with Gasteiger partial charge in [-0.25, -0.2) is 8.42 Å². The molecule has 0 aromatic carbocycles. The highest BCUT2D eigenvalue weighted by Gasteiger charge is 2.17. The SMILES string of the molecule is CC(C)S(=O)(=O)CCNC1CCCSC1. The number of rotatable bonds is 5. The Labute approximate surface area is 97.3 Å². The van der Waals surface area contributed by atoms with E-state index in [1.165, 1.54) is 18.6 Å². The molecule has 90 valence electrons. The van der Waals surface area contributed by atoms with Crippen molar-refractivity contribution in [1.82, 2.24) is 5.32 Å². The summed E-state index contributed by atoms with van der Waals surface area (Å²) in [5.74, 6) is 2.65. The van der Waals surface area contributed by atoms with Gasteiger partial charge in [0.15, 0.2) is 9.84 Å². The summed E-state index contributed by atoms with van der Waals surface area (Å²) in [7, 11) is -2.87. The third kappa shape index (κ3) is 4.74. The molecule has 1 aliphatic heterocycles. The fraction of sp³-hybridized carbons (Fsp3) is 1.00. The number of nitrogens with one attached hydrogen (secondary N) is 1. The first-order valence-corrected chi connectivity index (χ1v) is 8.42. The number of thioether (sulfide) groups is 1. The van der Waals surface area contributed by atoms with Gasteiger partial charge in [0, 0.05) is 18.3 Å². The van der Waals surface area contributed by atoms with Crippen molar-refractivity contribution in [2.24, 2.45) is 0 Å². The first kappa shape index (κ1) is 13.3. The highest BCUT2D eigenvalue weighted by atomic mass is 32.2. The van der Waals surface area contributed by atoms with Gasteiger partial charge in [-0.05, 0) is 32.4 Å². The van der Waals surface area contributed by atoms with Crippen LogP contribution in [0.15, 0.2) is 0 Å². The average Bonchev–Trinajstić information content (AvgIpc) is 2.19. The second kappa shape index (κ2) is 6.11. The average molecular weight is 251 g/mol. The molecule has 1 rings (SSSR count). The zero-order valence-electron chi connectivity index (χ0n) is 9.53. The van der Waals surface area contributed by atoms with Crippen LogP contribution in [0.2, 0.25) is 0 Å². The molecular weight excluding hydrogens is 230 g/mol. The van der Waals surface area contributed by atoms with Crippen molar-refractivity contribution in [3.63, 3.8) is 0 Å². The molecule has 0 radical (unpaired) electrons. The maximum absolute atomic E-state index is 11.5. The summed E-state index contributed by atoms with van der Waals surface area (Å²) < 4.78 is 23.1. The first-order valence-electron chi connectivity index (χ1n) is 5.55. The Bertz CT molecular complexity index is 269. The lowest BCUT2D eigenvalue weighted by Crippen LogP contribution is -2.37. The summed E-state index contributed by atoms with van der Waals surface area (Å²) in [5, 5.41) is 3.08. The molecule has 1 heterocycles. The van der Waals surface area contributed by atoms with Crippen LogP contribution in [0.5, 0.6) is 0 Å². The van der Waals surface area contributed by atoms with E-state index in [1.54, 1.807) is 13.8 Å². The zero-order valence-corrected chi connectivity index (χ0v) is 11.2. The number of hydrogen-bond acceptors (Lipinski definition) is 4. The molecule has 1 atom stereocenters. The molecular formula is C10H21NO2S2. The Kier molecular flexibility index (Phi) is 5.43. The molecule has 3 nitrogen and oxygen atoms in total. The maximum Gasteiger partial charge on any atom is 0.153 e. The molecule has 0 aromatic heterocycles. The summed E-state index contributed by atoms with van der Waals surface area (Å²) in [6, 6.07) is 0.520. The minimum atomic E-state index is -2.87. The summed E-state index contributed by atoms with van der Waals surface area (Å²) in [6.07, 6.45) is 2.44. The zero-order chi connectivity index (χ0) is 11.3. The van der Waals surface area contributed by atoms with Gasteiger partial charge in [0.05, 0.1) is 11.0 Å². The first-order chi connectivity index (χ1) is 7.02. The molecule has 1 aliphatic rings. The van der Waals surface area contributed by atoms with E-state index in [0.29, 0.717) is 12.6 Å². The van der Waals surface area contributed by atoms with Crippen molar-refractivity contribution in [3.05, 3.63) is 0 Å². The van der Waals surface area contributed by atoms with Crippen LogP contribution in [0.3, 0.4) is 0 Å². The lowest BCUT2D eigenvalue weighted by molar-refractivity contribution is 0.518. The Balaban J connectivity index is 2.20. The van der Waals surface area contributed by atoms with Gasteiger partial charge in [-0.3, -0.25) is 0 Å². The summed E-state index contributed by atoms with van der Waals surface area (Å²) in [6.45, 7) is 4.09. The molecule has 5 heteroatoms. The van der Waals surface area contributed by atoms with Crippen LogP contribution in [0.1, 0.15) is 26.7 Å². The molecule has 0 spiro atoms. The van der Waals surface area contributed by atoms with E-state index in [9.17, 15) is 8.42 Å². The van der Waals surface area contributed by atoms with Crippen LogP contribution in [0.25, 0.3) is 0 Å². The molecule has 1 saturated heterocycles. The third-order valence-corrected chi connectivity index (χ3v) is 6.12. The van der Waals surface area contributed by atoms with Crippen LogP contribution in [0, 0.1) is 0 Å². The molecule has 15 heavy (non-hydrogen) atoms. The van der Waals surface area contributed by atoms with Gasteiger partial charge in [-0.2, -0.15) is 11.8 Å². The minimum Gasteiger partial charge on any atom is -0.312 e. The molecule has 0 amide bonds. The van der Waals surface area contributed by atoms with E-state index in [0.717, 1.165) is 5.75 Å². The summed E-state index contributed by atoms with van der Waals surface area (Å²) >= 11 is 1.96. The molecule has 1 unspecified atom stereocenters. The van der Waals surface area contributed by atoms with Crippen LogP contribution in [0.4, 0.5) is 0 Å².